The van der Waals surface area contributed by atoms with E-state index in [0.717, 1.165) is 45.2 Å². The van der Waals surface area contributed by atoms with Gasteiger partial charge in [-0.3, -0.25) is 19.2 Å². The Morgan fingerprint density at radius 1 is 0.963 bits per heavy atom. The molecular weight excluding hydrogens is 766 g/mol. The standard InChI is InChI=1S/C33H35ClF6N10O3S/c1-4-20-17-25(27(53-32(35,36)37)18-26(20)50-11-7-21(8-12-50)49-15-13-47(2)14-16-49)45-31-43-19-22(34)30(46-31)44-24-6-5-23-28(42-10-9-41-23)29(24)48(3)54(51,52)33(38,39)40/h4-6,9-10,17-19,21H,1,7-8,11-16H2,2-3H3,(H2,43,44,45,46). The Kier molecular flexibility index (Phi) is 11.0. The van der Waals surface area contributed by atoms with Crippen LogP contribution in [-0.4, -0.2) is 109 Å². The zero-order valence-electron chi connectivity index (χ0n) is 28.9. The number of nitrogens with one attached hydrogen (secondary N) is 2. The van der Waals surface area contributed by atoms with Crippen LogP contribution >= 0.6 is 11.6 Å². The first kappa shape index (κ1) is 39.0. The minimum Gasteiger partial charge on any atom is -0.403 e. The van der Waals surface area contributed by atoms with Gasteiger partial charge in [0.1, 0.15) is 16.2 Å². The predicted octanol–water partition coefficient (Wildman–Crippen LogP) is 6.60. The van der Waals surface area contributed by atoms with E-state index in [1.807, 2.05) is 4.90 Å². The summed E-state index contributed by atoms with van der Waals surface area (Å²) in [4.78, 5) is 23.1. The molecule has 290 valence electrons. The van der Waals surface area contributed by atoms with Gasteiger partial charge in [-0.1, -0.05) is 24.3 Å². The van der Waals surface area contributed by atoms with Gasteiger partial charge in [0, 0.05) is 76.5 Å². The second-order valence-electron chi connectivity index (χ2n) is 12.7. The van der Waals surface area contributed by atoms with E-state index in [1.165, 1.54) is 42.7 Å². The maximum atomic E-state index is 13.8. The van der Waals surface area contributed by atoms with E-state index in [4.69, 9.17) is 11.6 Å². The zero-order valence-corrected chi connectivity index (χ0v) is 30.5. The lowest BCUT2D eigenvalue weighted by Crippen LogP contribution is -2.52. The Morgan fingerprint density at radius 3 is 2.30 bits per heavy atom. The van der Waals surface area contributed by atoms with Crippen LogP contribution in [0.3, 0.4) is 0 Å². The van der Waals surface area contributed by atoms with Gasteiger partial charge in [-0.2, -0.15) is 26.6 Å². The monoisotopic (exact) mass is 800 g/mol. The summed E-state index contributed by atoms with van der Waals surface area (Å²) in [6.07, 6.45) is 1.63. The Labute approximate surface area is 311 Å². The molecule has 2 fully saturated rings. The minimum absolute atomic E-state index is 0.00855. The number of benzene rings is 2. The highest BCUT2D eigenvalue weighted by Crippen LogP contribution is 2.42. The molecule has 54 heavy (non-hydrogen) atoms. The molecule has 0 radical (unpaired) electrons. The van der Waals surface area contributed by atoms with Crippen molar-refractivity contribution in [1.82, 2.24) is 29.7 Å². The van der Waals surface area contributed by atoms with Crippen molar-refractivity contribution in [2.45, 2.75) is 30.8 Å². The van der Waals surface area contributed by atoms with Gasteiger partial charge in [0.2, 0.25) is 5.95 Å². The summed E-state index contributed by atoms with van der Waals surface area (Å²) in [5.74, 6) is -1.10. The van der Waals surface area contributed by atoms with Gasteiger partial charge >= 0.3 is 21.9 Å². The molecule has 0 aliphatic carbocycles. The number of rotatable bonds is 10. The Hall–Kier alpha value is -4.66. The van der Waals surface area contributed by atoms with Crippen molar-refractivity contribution in [3.63, 3.8) is 0 Å². The lowest BCUT2D eigenvalue weighted by Gasteiger charge is -2.43. The molecule has 0 atom stereocenters. The van der Waals surface area contributed by atoms with E-state index >= 15 is 0 Å². The first-order valence-electron chi connectivity index (χ1n) is 16.5. The maximum absolute atomic E-state index is 13.8. The number of likely N-dealkylation sites (N-methyl/N-ethyl adjacent to an activating group) is 1. The number of piperidine rings is 1. The smallest absolute Gasteiger partial charge is 0.403 e. The fourth-order valence-electron chi connectivity index (χ4n) is 6.47. The number of ether oxygens (including phenoxy) is 1. The second kappa shape index (κ2) is 15.2. The van der Waals surface area contributed by atoms with Crippen LogP contribution in [0.1, 0.15) is 18.4 Å². The van der Waals surface area contributed by atoms with Gasteiger partial charge in [-0.15, -0.1) is 13.2 Å². The van der Waals surface area contributed by atoms with Crippen LogP contribution in [0.2, 0.25) is 5.02 Å². The number of fused-ring (bicyclic) bond motifs is 1. The molecule has 4 heterocycles. The average molecular weight is 801 g/mol. The molecule has 0 bridgehead atoms. The Balaban J connectivity index is 1.31. The molecule has 6 rings (SSSR count). The molecule has 21 heteroatoms. The van der Waals surface area contributed by atoms with E-state index in [1.54, 1.807) is 0 Å². The molecule has 2 N–H and O–H groups in total. The van der Waals surface area contributed by atoms with Crippen molar-refractivity contribution in [3.8, 4) is 5.75 Å². The first-order chi connectivity index (χ1) is 25.4. The maximum Gasteiger partial charge on any atom is 0.573 e. The minimum atomic E-state index is -5.92. The molecule has 2 aliphatic rings. The van der Waals surface area contributed by atoms with Crippen molar-refractivity contribution in [3.05, 3.63) is 60.0 Å². The van der Waals surface area contributed by atoms with Crippen LogP contribution in [0.4, 0.5) is 60.9 Å². The van der Waals surface area contributed by atoms with Crippen molar-refractivity contribution in [2.75, 3.05) is 73.2 Å². The number of hydrogen-bond donors (Lipinski definition) is 2. The van der Waals surface area contributed by atoms with Gasteiger partial charge in [0.15, 0.2) is 11.6 Å². The third-order valence-corrected chi connectivity index (χ3v) is 11.0. The van der Waals surface area contributed by atoms with Crippen LogP contribution in [0, 0.1) is 0 Å². The fraction of sp³-hybridized carbons (Fsp3) is 0.394. The van der Waals surface area contributed by atoms with Crippen LogP contribution in [0.15, 0.2) is 49.4 Å². The number of sulfonamides is 1. The average Bonchev–Trinajstić information content (AvgIpc) is 3.12. The first-order valence-corrected chi connectivity index (χ1v) is 18.4. The summed E-state index contributed by atoms with van der Waals surface area (Å²) in [5.41, 5.74) is -5.70. The van der Waals surface area contributed by atoms with Crippen LogP contribution in [0.5, 0.6) is 5.75 Å². The number of piperazine rings is 1. The van der Waals surface area contributed by atoms with Gasteiger partial charge in [0.25, 0.3) is 0 Å². The summed E-state index contributed by atoms with van der Waals surface area (Å²) in [6.45, 7) is 8.95. The topological polar surface area (TPSA) is 132 Å². The molecule has 0 amide bonds. The largest absolute Gasteiger partial charge is 0.573 e. The number of alkyl halides is 6. The van der Waals surface area contributed by atoms with Gasteiger partial charge in [-0.25, -0.2) is 4.98 Å². The summed E-state index contributed by atoms with van der Waals surface area (Å²) in [6, 6.07) is 5.69. The molecule has 13 nitrogen and oxygen atoms in total. The van der Waals surface area contributed by atoms with E-state index < -0.39 is 33.3 Å². The Bertz CT molecular complexity index is 2130. The van der Waals surface area contributed by atoms with Crippen molar-refractivity contribution >= 4 is 73.2 Å². The second-order valence-corrected chi connectivity index (χ2v) is 15.0. The van der Waals surface area contributed by atoms with E-state index in [-0.39, 0.29) is 43.5 Å². The molecule has 0 spiro atoms. The molecule has 4 aromatic rings. The molecular formula is C33H35ClF6N10O3S. The van der Waals surface area contributed by atoms with Gasteiger partial charge in [0.05, 0.1) is 23.1 Å². The van der Waals surface area contributed by atoms with Gasteiger partial charge < -0.3 is 25.2 Å². The van der Waals surface area contributed by atoms with Crippen molar-refractivity contribution in [2.24, 2.45) is 0 Å². The van der Waals surface area contributed by atoms with E-state index in [9.17, 15) is 34.8 Å². The summed E-state index contributed by atoms with van der Waals surface area (Å²) in [7, 11) is -3.13. The summed E-state index contributed by atoms with van der Waals surface area (Å²) in [5, 5.41) is 5.27. The van der Waals surface area contributed by atoms with Gasteiger partial charge in [-0.05, 0) is 43.7 Å². The molecule has 0 unspecified atom stereocenters. The van der Waals surface area contributed by atoms with E-state index in [0.29, 0.717) is 37.4 Å². The third kappa shape index (κ3) is 8.35. The normalized spacial score (nSPS) is 16.7. The molecule has 2 aromatic heterocycles. The van der Waals surface area contributed by atoms with Crippen LogP contribution < -0.4 is 24.6 Å². The summed E-state index contributed by atoms with van der Waals surface area (Å²) < 4.78 is 112. The number of hydrogen-bond acceptors (Lipinski definition) is 12. The highest BCUT2D eigenvalue weighted by atomic mass is 35.5. The Morgan fingerprint density at radius 2 is 1.65 bits per heavy atom. The lowest BCUT2D eigenvalue weighted by molar-refractivity contribution is -0.274. The molecule has 2 saturated heterocycles. The number of aromatic nitrogens is 4. The molecule has 2 aliphatic heterocycles. The van der Waals surface area contributed by atoms with Crippen LogP contribution in [0.25, 0.3) is 17.1 Å². The quantitative estimate of drug-likeness (QED) is 0.168. The number of nitrogens with zero attached hydrogens (tertiary/aromatic N) is 8. The van der Waals surface area contributed by atoms with Crippen LogP contribution in [-0.2, 0) is 10.0 Å². The predicted molar refractivity (Wildman–Crippen MR) is 194 cm³/mol. The number of halogens is 7. The van der Waals surface area contributed by atoms with Crippen molar-refractivity contribution in [1.29, 1.82) is 0 Å². The van der Waals surface area contributed by atoms with Crippen molar-refractivity contribution < 1.29 is 39.5 Å². The zero-order chi connectivity index (χ0) is 39.0. The summed E-state index contributed by atoms with van der Waals surface area (Å²) >= 11 is 6.35. The highest BCUT2D eigenvalue weighted by Gasteiger charge is 2.50. The van der Waals surface area contributed by atoms with E-state index in [2.05, 4.69) is 58.7 Å². The molecule has 0 saturated carbocycles. The lowest BCUT2D eigenvalue weighted by atomic mass is 10.00. The third-order valence-electron chi connectivity index (χ3n) is 9.26. The number of anilines is 6. The SMILES string of the molecule is C=Cc1cc(Nc2ncc(Cl)c(Nc3ccc4nccnc4c3N(C)S(=O)(=O)C(F)(F)F)n2)c(OC(F)(F)F)cc1N1CCC(N2CCN(C)CC2)CC1. The molecule has 2 aromatic carbocycles. The fourth-order valence-corrected chi connectivity index (χ4v) is 7.34. The highest BCUT2D eigenvalue weighted by molar-refractivity contribution is 7.93.